The van der Waals surface area contributed by atoms with Gasteiger partial charge in [-0.05, 0) is 38.3 Å². The summed E-state index contributed by atoms with van der Waals surface area (Å²) in [5.41, 5.74) is 1.85. The van der Waals surface area contributed by atoms with Crippen molar-refractivity contribution in [2.75, 3.05) is 0 Å². The van der Waals surface area contributed by atoms with E-state index in [0.29, 0.717) is 0 Å². The van der Waals surface area contributed by atoms with Crippen molar-refractivity contribution in [1.82, 2.24) is 19.3 Å². The summed E-state index contributed by atoms with van der Waals surface area (Å²) in [5.74, 6) is 0. The molecule has 0 aromatic carbocycles. The predicted molar refractivity (Wildman–Crippen MR) is 73.8 cm³/mol. The Morgan fingerprint density at radius 2 is 2.00 bits per heavy atom. The topological polar surface area (TPSA) is 69.8 Å². The van der Waals surface area contributed by atoms with Crippen molar-refractivity contribution in [3.05, 3.63) is 56.1 Å². The molecule has 0 aliphatic heterocycles. The van der Waals surface area contributed by atoms with E-state index in [-0.39, 0.29) is 23.8 Å². The molecule has 104 valence electrons. The minimum Gasteiger partial charge on any atom is -0.297 e. The van der Waals surface area contributed by atoms with Gasteiger partial charge in [0.05, 0.1) is 17.9 Å². The molecular formula is C14H16N4O2. The third-order valence-corrected chi connectivity index (χ3v) is 3.57. The molecular weight excluding hydrogens is 256 g/mol. The maximum atomic E-state index is 12.4. The molecule has 0 N–H and O–H groups in total. The maximum absolute atomic E-state index is 12.4. The molecule has 1 aliphatic carbocycles. The molecule has 1 aliphatic rings. The summed E-state index contributed by atoms with van der Waals surface area (Å²) in [7, 11) is 0. The minimum absolute atomic E-state index is 0.242. The van der Waals surface area contributed by atoms with Crippen LogP contribution in [-0.4, -0.2) is 19.3 Å². The lowest BCUT2D eigenvalue weighted by Crippen LogP contribution is -2.39. The Morgan fingerprint density at radius 3 is 2.70 bits per heavy atom. The van der Waals surface area contributed by atoms with Crippen molar-refractivity contribution in [2.24, 2.45) is 0 Å². The second kappa shape index (κ2) is 4.70. The summed E-state index contributed by atoms with van der Waals surface area (Å²) in [6.45, 7) is 3.91. The van der Waals surface area contributed by atoms with Crippen LogP contribution in [0.15, 0.2) is 27.9 Å². The Bertz CT molecular complexity index is 771. The SMILES string of the molecule is Cc1cc(Cn2c(=O)ccn(C3CC3)c2=O)c(C)nn1. The second-order valence-electron chi connectivity index (χ2n) is 5.26. The molecule has 0 spiro atoms. The third-order valence-electron chi connectivity index (χ3n) is 3.57. The molecule has 0 amide bonds. The van der Waals surface area contributed by atoms with E-state index in [1.54, 1.807) is 10.8 Å². The Kier molecular flexibility index (Phi) is 3.00. The van der Waals surface area contributed by atoms with E-state index in [1.165, 1.54) is 10.6 Å². The van der Waals surface area contributed by atoms with E-state index in [9.17, 15) is 9.59 Å². The van der Waals surface area contributed by atoms with Gasteiger partial charge in [0, 0.05) is 18.3 Å². The Morgan fingerprint density at radius 1 is 1.25 bits per heavy atom. The number of aromatic nitrogens is 4. The summed E-state index contributed by atoms with van der Waals surface area (Å²) in [6, 6.07) is 3.58. The van der Waals surface area contributed by atoms with E-state index < -0.39 is 0 Å². The fraction of sp³-hybridized carbons (Fsp3) is 0.429. The maximum Gasteiger partial charge on any atom is 0.331 e. The summed E-state index contributed by atoms with van der Waals surface area (Å²) >= 11 is 0. The average Bonchev–Trinajstić information content (AvgIpc) is 3.23. The standard InChI is InChI=1S/C14H16N4O2/c1-9-7-11(10(2)16-15-9)8-18-13(19)5-6-17(14(18)20)12-3-4-12/h5-7,12H,3-4,8H2,1-2H3. The fourth-order valence-corrected chi connectivity index (χ4v) is 2.24. The first-order valence-corrected chi connectivity index (χ1v) is 6.68. The largest absolute Gasteiger partial charge is 0.331 e. The Hall–Kier alpha value is -2.24. The van der Waals surface area contributed by atoms with Gasteiger partial charge >= 0.3 is 5.69 Å². The molecule has 6 nitrogen and oxygen atoms in total. The van der Waals surface area contributed by atoms with Crippen molar-refractivity contribution in [2.45, 2.75) is 39.3 Å². The van der Waals surface area contributed by atoms with Crippen molar-refractivity contribution < 1.29 is 0 Å². The molecule has 1 saturated carbocycles. The molecule has 2 heterocycles. The zero-order valence-electron chi connectivity index (χ0n) is 11.5. The summed E-state index contributed by atoms with van der Waals surface area (Å²) < 4.78 is 2.92. The molecule has 3 rings (SSSR count). The zero-order valence-corrected chi connectivity index (χ0v) is 11.5. The van der Waals surface area contributed by atoms with Crippen LogP contribution in [0.5, 0.6) is 0 Å². The smallest absolute Gasteiger partial charge is 0.297 e. The van der Waals surface area contributed by atoms with Crippen LogP contribution in [0.25, 0.3) is 0 Å². The quantitative estimate of drug-likeness (QED) is 0.828. The molecule has 0 bridgehead atoms. The van der Waals surface area contributed by atoms with E-state index in [4.69, 9.17) is 0 Å². The molecule has 0 unspecified atom stereocenters. The van der Waals surface area contributed by atoms with Gasteiger partial charge in [-0.25, -0.2) is 4.79 Å². The van der Waals surface area contributed by atoms with Gasteiger partial charge in [-0.1, -0.05) is 0 Å². The highest BCUT2D eigenvalue weighted by atomic mass is 16.2. The Labute approximate surface area is 115 Å². The van der Waals surface area contributed by atoms with E-state index in [2.05, 4.69) is 10.2 Å². The minimum atomic E-state index is -0.277. The fourth-order valence-electron chi connectivity index (χ4n) is 2.24. The van der Waals surface area contributed by atoms with E-state index in [1.807, 2.05) is 19.9 Å². The van der Waals surface area contributed by atoms with Crippen LogP contribution in [0.2, 0.25) is 0 Å². The van der Waals surface area contributed by atoms with Gasteiger partial charge in [-0.15, -0.1) is 0 Å². The van der Waals surface area contributed by atoms with Crippen molar-refractivity contribution >= 4 is 0 Å². The first-order valence-electron chi connectivity index (χ1n) is 6.68. The molecule has 0 radical (unpaired) electrons. The van der Waals surface area contributed by atoms with Gasteiger partial charge in [-0.3, -0.25) is 13.9 Å². The Balaban J connectivity index is 2.06. The van der Waals surface area contributed by atoms with Crippen molar-refractivity contribution in [3.8, 4) is 0 Å². The van der Waals surface area contributed by atoms with Gasteiger partial charge in [0.15, 0.2) is 0 Å². The molecule has 6 heteroatoms. The van der Waals surface area contributed by atoms with Crippen LogP contribution in [-0.2, 0) is 6.54 Å². The first kappa shape index (κ1) is 12.8. The van der Waals surface area contributed by atoms with Crippen LogP contribution in [0.3, 0.4) is 0 Å². The van der Waals surface area contributed by atoms with Crippen LogP contribution < -0.4 is 11.2 Å². The normalized spacial score (nSPS) is 14.5. The summed E-state index contributed by atoms with van der Waals surface area (Å²) in [4.78, 5) is 24.3. The highest BCUT2D eigenvalue weighted by Crippen LogP contribution is 2.32. The molecule has 2 aromatic rings. The van der Waals surface area contributed by atoms with Gasteiger partial charge in [0.25, 0.3) is 5.56 Å². The highest BCUT2D eigenvalue weighted by Gasteiger charge is 2.25. The van der Waals surface area contributed by atoms with Crippen LogP contribution >= 0.6 is 0 Å². The third kappa shape index (κ3) is 2.29. The summed E-state index contributed by atoms with van der Waals surface area (Å²) in [6.07, 6.45) is 3.61. The zero-order chi connectivity index (χ0) is 14.3. The molecule has 20 heavy (non-hydrogen) atoms. The second-order valence-corrected chi connectivity index (χ2v) is 5.26. The average molecular weight is 272 g/mol. The van der Waals surface area contributed by atoms with Crippen LogP contribution in [0.4, 0.5) is 0 Å². The number of nitrogens with zero attached hydrogens (tertiary/aromatic N) is 4. The lowest BCUT2D eigenvalue weighted by atomic mass is 10.2. The molecule has 2 aromatic heterocycles. The monoisotopic (exact) mass is 272 g/mol. The van der Waals surface area contributed by atoms with E-state index in [0.717, 1.165) is 29.8 Å². The van der Waals surface area contributed by atoms with Gasteiger partial charge in [-0.2, -0.15) is 10.2 Å². The highest BCUT2D eigenvalue weighted by molar-refractivity contribution is 5.20. The van der Waals surface area contributed by atoms with Crippen molar-refractivity contribution in [3.63, 3.8) is 0 Å². The number of rotatable bonds is 3. The first-order chi connectivity index (χ1) is 9.56. The van der Waals surface area contributed by atoms with Crippen molar-refractivity contribution in [1.29, 1.82) is 0 Å². The van der Waals surface area contributed by atoms with E-state index >= 15 is 0 Å². The number of aryl methyl sites for hydroxylation is 2. The number of hydrogen-bond acceptors (Lipinski definition) is 4. The lowest BCUT2D eigenvalue weighted by molar-refractivity contribution is 0.587. The molecule has 0 atom stereocenters. The van der Waals surface area contributed by atoms with Crippen LogP contribution in [0.1, 0.15) is 35.8 Å². The van der Waals surface area contributed by atoms with Gasteiger partial charge in [0.1, 0.15) is 0 Å². The summed E-state index contributed by atoms with van der Waals surface area (Å²) in [5, 5.41) is 7.99. The van der Waals surface area contributed by atoms with Crippen LogP contribution in [0, 0.1) is 13.8 Å². The lowest BCUT2D eigenvalue weighted by Gasteiger charge is -2.10. The predicted octanol–water partition coefficient (Wildman–Crippen LogP) is 0.800. The number of hydrogen-bond donors (Lipinski definition) is 0. The van der Waals surface area contributed by atoms with Gasteiger partial charge in [0.2, 0.25) is 0 Å². The molecule has 0 saturated heterocycles. The molecule has 1 fully saturated rings. The van der Waals surface area contributed by atoms with Gasteiger partial charge < -0.3 is 0 Å².